The van der Waals surface area contributed by atoms with Gasteiger partial charge in [0.05, 0.1) is 12.6 Å². The third kappa shape index (κ3) is 3.21. The van der Waals surface area contributed by atoms with E-state index in [9.17, 15) is 0 Å². The van der Waals surface area contributed by atoms with Gasteiger partial charge in [0.2, 0.25) is 0 Å². The highest BCUT2D eigenvalue weighted by Gasteiger charge is 2.16. The maximum atomic E-state index is 6.04. The Balaban J connectivity index is 1.63. The number of methoxy groups -OCH3 is 1. The summed E-state index contributed by atoms with van der Waals surface area (Å²) in [6.45, 7) is 0.578. The Morgan fingerprint density at radius 1 is 0.967 bits per heavy atom. The molecule has 2 aromatic heterocycles. The fourth-order valence-corrected chi connectivity index (χ4v) is 3.65. The lowest BCUT2D eigenvalue weighted by Crippen LogP contribution is -2.06. The average Bonchev–Trinajstić information content (AvgIpc) is 3.22. The molecule has 148 valence electrons. The summed E-state index contributed by atoms with van der Waals surface area (Å²) >= 11 is 6.04. The quantitative estimate of drug-likeness (QED) is 0.426. The van der Waals surface area contributed by atoms with E-state index in [1.54, 1.807) is 11.6 Å². The molecule has 0 spiro atoms. The van der Waals surface area contributed by atoms with Gasteiger partial charge >= 0.3 is 0 Å². The summed E-state index contributed by atoms with van der Waals surface area (Å²) in [6, 6.07) is 23.5. The summed E-state index contributed by atoms with van der Waals surface area (Å²) in [5.41, 5.74) is 4.28. The fourth-order valence-electron chi connectivity index (χ4n) is 3.52. The van der Waals surface area contributed by atoms with Crippen molar-refractivity contribution in [3.8, 4) is 17.0 Å². The normalized spacial score (nSPS) is 11.1. The molecule has 7 heteroatoms. The van der Waals surface area contributed by atoms with Crippen LogP contribution >= 0.6 is 11.6 Å². The summed E-state index contributed by atoms with van der Waals surface area (Å²) in [6.07, 6.45) is 0. The van der Waals surface area contributed by atoms with Crippen LogP contribution in [0.3, 0.4) is 0 Å². The van der Waals surface area contributed by atoms with Crippen LogP contribution in [0.5, 0.6) is 5.75 Å². The third-order valence-corrected chi connectivity index (χ3v) is 5.26. The van der Waals surface area contributed by atoms with E-state index in [1.165, 1.54) is 0 Å². The van der Waals surface area contributed by atoms with Gasteiger partial charge in [-0.3, -0.25) is 0 Å². The summed E-state index contributed by atoms with van der Waals surface area (Å²) in [5, 5.41) is 13.9. The van der Waals surface area contributed by atoms with Gasteiger partial charge in [-0.1, -0.05) is 59.3 Å². The topological polar surface area (TPSA) is 64.3 Å². The van der Waals surface area contributed by atoms with Gasteiger partial charge in [-0.05, 0) is 30.3 Å². The van der Waals surface area contributed by atoms with Gasteiger partial charge in [0.15, 0.2) is 5.65 Å². The SMILES string of the molecule is COc1ccccc1CNc1nc2c(-c3ccc(Cl)cc3)nnn2c2ccccc12. The number of hydrogen-bond donors (Lipinski definition) is 1. The molecule has 0 aliphatic rings. The Labute approximate surface area is 178 Å². The van der Waals surface area contributed by atoms with E-state index in [0.717, 1.165) is 33.6 Å². The van der Waals surface area contributed by atoms with Crippen LogP contribution in [0.15, 0.2) is 72.8 Å². The number of anilines is 1. The third-order valence-electron chi connectivity index (χ3n) is 5.01. The van der Waals surface area contributed by atoms with Crippen molar-refractivity contribution in [2.75, 3.05) is 12.4 Å². The number of hydrogen-bond acceptors (Lipinski definition) is 5. The first-order chi connectivity index (χ1) is 14.7. The summed E-state index contributed by atoms with van der Waals surface area (Å²) < 4.78 is 7.24. The first kappa shape index (κ1) is 18.4. The van der Waals surface area contributed by atoms with Crippen molar-refractivity contribution in [1.29, 1.82) is 0 Å². The number of nitrogens with one attached hydrogen (secondary N) is 1. The molecule has 0 radical (unpaired) electrons. The Hall–Kier alpha value is -3.64. The van der Waals surface area contributed by atoms with Crippen LogP contribution in [0.4, 0.5) is 5.82 Å². The maximum absolute atomic E-state index is 6.04. The molecule has 0 saturated heterocycles. The van der Waals surface area contributed by atoms with Crippen molar-refractivity contribution in [1.82, 2.24) is 19.8 Å². The number of benzene rings is 3. The molecule has 0 unspecified atom stereocenters. The van der Waals surface area contributed by atoms with Crippen molar-refractivity contribution in [3.63, 3.8) is 0 Å². The number of rotatable bonds is 5. The second-order valence-corrected chi connectivity index (χ2v) is 7.26. The molecular weight excluding hydrogens is 398 g/mol. The van der Waals surface area contributed by atoms with Crippen LogP contribution in [0.25, 0.3) is 27.8 Å². The highest BCUT2D eigenvalue weighted by molar-refractivity contribution is 6.30. The van der Waals surface area contributed by atoms with E-state index in [1.807, 2.05) is 72.8 Å². The van der Waals surface area contributed by atoms with Crippen LogP contribution in [-0.2, 0) is 6.54 Å². The van der Waals surface area contributed by atoms with Gasteiger partial charge in [-0.2, -0.15) is 4.52 Å². The first-order valence-corrected chi connectivity index (χ1v) is 9.88. The van der Waals surface area contributed by atoms with E-state index in [0.29, 0.717) is 22.9 Å². The molecule has 0 aliphatic carbocycles. The van der Waals surface area contributed by atoms with Gasteiger partial charge in [0.1, 0.15) is 17.3 Å². The molecule has 5 aromatic rings. The molecule has 0 fully saturated rings. The van der Waals surface area contributed by atoms with Gasteiger partial charge < -0.3 is 10.1 Å². The Morgan fingerprint density at radius 3 is 2.57 bits per heavy atom. The monoisotopic (exact) mass is 415 g/mol. The molecular formula is C23H18ClN5O. The van der Waals surface area contributed by atoms with E-state index < -0.39 is 0 Å². The van der Waals surface area contributed by atoms with Crippen molar-refractivity contribution >= 4 is 34.0 Å². The smallest absolute Gasteiger partial charge is 0.186 e. The van der Waals surface area contributed by atoms with E-state index in [4.69, 9.17) is 21.3 Å². The molecule has 30 heavy (non-hydrogen) atoms. The zero-order valence-electron chi connectivity index (χ0n) is 16.2. The highest BCUT2D eigenvalue weighted by Crippen LogP contribution is 2.29. The minimum Gasteiger partial charge on any atom is -0.496 e. The van der Waals surface area contributed by atoms with Gasteiger partial charge in [0.25, 0.3) is 0 Å². The molecule has 0 bridgehead atoms. The fraction of sp³-hybridized carbons (Fsp3) is 0.0870. The lowest BCUT2D eigenvalue weighted by Gasteiger charge is -2.12. The second-order valence-electron chi connectivity index (χ2n) is 6.82. The lowest BCUT2D eigenvalue weighted by atomic mass is 10.1. The molecule has 0 saturated carbocycles. The van der Waals surface area contributed by atoms with Gasteiger partial charge in [-0.25, -0.2) is 4.98 Å². The molecule has 0 aliphatic heterocycles. The number of fused-ring (bicyclic) bond motifs is 3. The van der Waals surface area contributed by atoms with E-state index in [-0.39, 0.29) is 0 Å². The molecule has 3 aromatic carbocycles. The number of nitrogens with zero attached hydrogens (tertiary/aromatic N) is 4. The maximum Gasteiger partial charge on any atom is 0.186 e. The number of aromatic nitrogens is 4. The van der Waals surface area contributed by atoms with Crippen LogP contribution < -0.4 is 10.1 Å². The van der Waals surface area contributed by atoms with E-state index in [2.05, 4.69) is 15.6 Å². The highest BCUT2D eigenvalue weighted by atomic mass is 35.5. The van der Waals surface area contributed by atoms with Crippen molar-refractivity contribution in [3.05, 3.63) is 83.4 Å². The second kappa shape index (κ2) is 7.65. The van der Waals surface area contributed by atoms with Crippen LogP contribution in [-0.4, -0.2) is 26.9 Å². The number of para-hydroxylation sites is 2. The van der Waals surface area contributed by atoms with Crippen molar-refractivity contribution in [2.24, 2.45) is 0 Å². The lowest BCUT2D eigenvalue weighted by molar-refractivity contribution is 0.410. The molecule has 0 amide bonds. The zero-order chi connectivity index (χ0) is 20.5. The number of ether oxygens (including phenoxy) is 1. The molecule has 1 N–H and O–H groups in total. The first-order valence-electron chi connectivity index (χ1n) is 9.50. The van der Waals surface area contributed by atoms with Crippen LogP contribution in [0.2, 0.25) is 5.02 Å². The largest absolute Gasteiger partial charge is 0.496 e. The predicted octanol–water partition coefficient (Wildman–Crippen LogP) is 5.22. The Bertz CT molecular complexity index is 1350. The minimum absolute atomic E-state index is 0.578. The van der Waals surface area contributed by atoms with Crippen LogP contribution in [0.1, 0.15) is 5.56 Å². The molecule has 0 atom stereocenters. The summed E-state index contributed by atoms with van der Waals surface area (Å²) in [4.78, 5) is 4.89. The predicted molar refractivity (Wildman–Crippen MR) is 119 cm³/mol. The van der Waals surface area contributed by atoms with Crippen LogP contribution in [0, 0.1) is 0 Å². The Morgan fingerprint density at radius 2 is 1.73 bits per heavy atom. The van der Waals surface area contributed by atoms with Crippen molar-refractivity contribution in [2.45, 2.75) is 6.54 Å². The zero-order valence-corrected chi connectivity index (χ0v) is 17.0. The van der Waals surface area contributed by atoms with E-state index >= 15 is 0 Å². The van der Waals surface area contributed by atoms with Gasteiger partial charge in [-0.15, -0.1) is 5.10 Å². The minimum atomic E-state index is 0.578. The Kier molecular flexibility index (Phi) is 4.69. The molecule has 6 nitrogen and oxygen atoms in total. The molecule has 2 heterocycles. The summed E-state index contributed by atoms with van der Waals surface area (Å²) in [7, 11) is 1.68. The van der Waals surface area contributed by atoms with Crippen molar-refractivity contribution < 1.29 is 4.74 Å². The van der Waals surface area contributed by atoms with Gasteiger partial charge in [0, 0.05) is 28.1 Å². The average molecular weight is 416 g/mol. The summed E-state index contributed by atoms with van der Waals surface area (Å²) in [5.74, 6) is 1.60. The molecule has 5 rings (SSSR count). The number of halogens is 1. The standard InChI is InChI=1S/C23H18ClN5O/c1-30-20-9-5-2-6-16(20)14-25-22-18-7-3-4-8-19(18)29-23(26-22)21(27-28-29)15-10-12-17(24)13-11-15/h2-13H,14H2,1H3,(H,25,26).